The van der Waals surface area contributed by atoms with Gasteiger partial charge in [-0.2, -0.15) is 0 Å². The molecule has 6 aliphatic rings. The van der Waals surface area contributed by atoms with Crippen LogP contribution in [0.15, 0.2) is 369 Å². The number of hydrogen-bond donors (Lipinski definition) is 0. The van der Waals surface area contributed by atoms with Gasteiger partial charge in [-0.1, -0.05) is 327 Å². The Morgan fingerprint density at radius 2 is 0.608 bits per heavy atom. The fourth-order valence-electron chi connectivity index (χ4n) is 24.0. The molecule has 0 fully saturated rings. The number of rotatable bonds is 9. The molecule has 0 radical (unpaired) electrons. The molecule has 0 aliphatic heterocycles. The van der Waals surface area contributed by atoms with E-state index in [1.807, 2.05) is 22.7 Å². The highest BCUT2D eigenvalue weighted by molar-refractivity contribution is 7.26. The van der Waals surface area contributed by atoms with E-state index < -0.39 is 0 Å². The molecule has 26 rings (SSSR count). The standard InChI is InChI=1S/C122H89NS2/c1-119(2)103-34-20-16-26-83(103)87-50-40-74(66-107(87)119)72-46-56-113-99(58-72)101-64-80(76-42-52-89-85-28-18-22-36-105(85)121(5,6)109(89)68-76)62-95(117(101)124-113)78-44-54-111-97(60-78)98-61-79(45-55-112(98)123(111)82-48-38-71(39-49-82)116-93-32-14-12-30-91(93)115(70-24-10-9-11-25-70)92-31-13-15-33-94(92)116)96-63-81(77-43-53-90-86-29-19-23-37-106(86)122(7,8)110(90)69-77)65-102-100-59-73(47-57-114(100)125-118(96)102)75-41-51-88-84-27-17-21-35-104(84)120(3,4)108(88)67-75/h9-65,68-69,74-75H,66-67H2,1-8H3. The molecule has 0 spiro atoms. The zero-order valence-electron chi connectivity index (χ0n) is 71.4. The smallest absolute Gasteiger partial charge is 0.0541 e. The molecule has 0 N–H and O–H groups in total. The lowest BCUT2D eigenvalue weighted by atomic mass is 9.75. The van der Waals surface area contributed by atoms with Crippen molar-refractivity contribution in [3.05, 3.63) is 425 Å². The Hall–Kier alpha value is -13.5. The van der Waals surface area contributed by atoms with E-state index in [9.17, 15) is 0 Å². The van der Waals surface area contributed by atoms with Gasteiger partial charge < -0.3 is 4.57 Å². The molecule has 3 aromatic heterocycles. The predicted octanol–water partition coefficient (Wildman–Crippen LogP) is 34.0. The van der Waals surface area contributed by atoms with Gasteiger partial charge in [-0.15, -0.1) is 22.7 Å². The summed E-state index contributed by atoms with van der Waals surface area (Å²) in [5.41, 5.74) is 43.0. The first-order chi connectivity index (χ1) is 61.0. The third-order valence-electron chi connectivity index (χ3n) is 30.5. The third-order valence-corrected chi connectivity index (χ3v) is 32.9. The zero-order valence-corrected chi connectivity index (χ0v) is 73.0. The largest absolute Gasteiger partial charge is 0.309 e. The normalized spacial score (nSPS) is 17.0. The average molecular weight is 1630 g/mol. The second-order valence-corrected chi connectivity index (χ2v) is 40.5. The van der Waals surface area contributed by atoms with Crippen molar-refractivity contribution in [3.8, 4) is 94.7 Å². The molecule has 0 saturated carbocycles. The Labute approximate surface area is 737 Å². The van der Waals surface area contributed by atoms with Gasteiger partial charge in [-0.25, -0.2) is 0 Å². The van der Waals surface area contributed by atoms with E-state index in [2.05, 4.69) is 418 Å². The molecule has 20 aromatic rings. The highest BCUT2D eigenvalue weighted by Gasteiger charge is 2.43. The van der Waals surface area contributed by atoms with Crippen molar-refractivity contribution in [2.24, 2.45) is 0 Å². The van der Waals surface area contributed by atoms with Crippen molar-refractivity contribution in [3.63, 3.8) is 0 Å². The van der Waals surface area contributed by atoms with Gasteiger partial charge in [-0.05, 0) is 276 Å². The fraction of sp³-hybridized carbons (Fsp3) is 0.131. The number of fused-ring (bicyclic) bond motifs is 21. The molecule has 2 atom stereocenters. The van der Waals surface area contributed by atoms with Crippen LogP contribution in [0.3, 0.4) is 0 Å². The van der Waals surface area contributed by atoms with Crippen molar-refractivity contribution in [1.82, 2.24) is 4.57 Å². The second-order valence-electron chi connectivity index (χ2n) is 38.4. The van der Waals surface area contributed by atoms with E-state index in [4.69, 9.17) is 0 Å². The Balaban J connectivity index is 0.680. The summed E-state index contributed by atoms with van der Waals surface area (Å²) in [4.78, 5) is 0. The van der Waals surface area contributed by atoms with Gasteiger partial charge in [0.1, 0.15) is 0 Å². The van der Waals surface area contributed by atoms with Crippen molar-refractivity contribution in [1.29, 1.82) is 0 Å². The van der Waals surface area contributed by atoms with Crippen LogP contribution in [-0.4, -0.2) is 4.57 Å². The number of thiophene rings is 2. The Bertz CT molecular complexity index is 7890. The van der Waals surface area contributed by atoms with Crippen LogP contribution in [0.1, 0.15) is 136 Å². The lowest BCUT2D eigenvalue weighted by Crippen LogP contribution is -2.19. The predicted molar refractivity (Wildman–Crippen MR) is 535 cm³/mol. The molecular weight excluding hydrogens is 1540 g/mol. The Morgan fingerprint density at radius 3 is 1.05 bits per heavy atom. The van der Waals surface area contributed by atoms with Gasteiger partial charge in [0.25, 0.3) is 0 Å². The topological polar surface area (TPSA) is 4.93 Å². The molecular formula is C122H89NS2. The molecule has 0 saturated heterocycles. The number of nitrogens with zero attached hydrogens (tertiary/aromatic N) is 1. The van der Waals surface area contributed by atoms with E-state index in [1.165, 1.54) is 228 Å². The van der Waals surface area contributed by atoms with Gasteiger partial charge in [0.2, 0.25) is 0 Å². The minimum absolute atomic E-state index is 0.0413. The second kappa shape index (κ2) is 26.5. The first-order valence-corrected chi connectivity index (χ1v) is 46.3. The monoisotopic (exact) mass is 1630 g/mol. The van der Waals surface area contributed by atoms with Gasteiger partial charge in [0.05, 0.1) is 11.0 Å². The van der Waals surface area contributed by atoms with Gasteiger partial charge in [0, 0.05) is 101 Å². The van der Waals surface area contributed by atoms with Crippen LogP contribution < -0.4 is 0 Å². The van der Waals surface area contributed by atoms with Crippen LogP contribution in [0, 0.1) is 0 Å². The zero-order chi connectivity index (χ0) is 83.4. The summed E-state index contributed by atoms with van der Waals surface area (Å²) < 4.78 is 7.78. The van der Waals surface area contributed by atoms with Gasteiger partial charge in [-0.3, -0.25) is 0 Å². The quantitative estimate of drug-likeness (QED) is 0.127. The summed E-state index contributed by atoms with van der Waals surface area (Å²) in [6, 6.07) is 130. The van der Waals surface area contributed by atoms with Crippen molar-refractivity contribution >= 4 is 118 Å². The first-order valence-electron chi connectivity index (χ1n) is 44.7. The molecule has 594 valence electrons. The summed E-state index contributed by atoms with van der Waals surface area (Å²) in [5.74, 6) is 0.504. The maximum Gasteiger partial charge on any atom is 0.0541 e. The molecule has 2 unspecified atom stereocenters. The number of aromatic nitrogens is 1. The molecule has 125 heavy (non-hydrogen) atoms. The molecule has 6 aliphatic carbocycles. The summed E-state index contributed by atoms with van der Waals surface area (Å²) in [6.07, 6.45) is 11.9. The summed E-state index contributed by atoms with van der Waals surface area (Å²) in [7, 11) is 0. The fourth-order valence-corrected chi connectivity index (χ4v) is 26.4. The first kappa shape index (κ1) is 73.0. The average Bonchev–Trinajstić information content (AvgIpc) is 1.66. The van der Waals surface area contributed by atoms with Gasteiger partial charge in [0.15, 0.2) is 0 Å². The number of hydrogen-bond acceptors (Lipinski definition) is 2. The van der Waals surface area contributed by atoms with Crippen LogP contribution in [0.25, 0.3) is 190 Å². The van der Waals surface area contributed by atoms with E-state index in [-0.39, 0.29) is 33.5 Å². The summed E-state index contributed by atoms with van der Waals surface area (Å²) in [5, 5.41) is 12.7. The van der Waals surface area contributed by atoms with E-state index in [1.54, 1.807) is 11.1 Å². The van der Waals surface area contributed by atoms with Crippen LogP contribution in [0.2, 0.25) is 0 Å². The molecule has 3 heterocycles. The maximum absolute atomic E-state index is 2.57. The number of benzene rings is 17. The van der Waals surface area contributed by atoms with Crippen molar-refractivity contribution in [2.75, 3.05) is 0 Å². The minimum Gasteiger partial charge on any atom is -0.309 e. The number of allylic oxidation sites excluding steroid dienone is 8. The van der Waals surface area contributed by atoms with Crippen LogP contribution in [0.5, 0.6) is 0 Å². The molecule has 17 aromatic carbocycles. The van der Waals surface area contributed by atoms with Crippen LogP contribution in [-0.2, 0) is 21.7 Å². The lowest BCUT2D eigenvalue weighted by molar-refractivity contribution is 0.591. The van der Waals surface area contributed by atoms with Crippen LogP contribution >= 0.6 is 22.7 Å². The molecule has 1 nitrogen and oxygen atoms in total. The minimum atomic E-state index is -0.164. The SMILES string of the molecule is CC1(C)C2=C(C=CC(c3ccc4sc5c(-c6ccc7c(c6)c6cc(-c8cc(-c9ccc%10c(c9)C(C)(C)c9ccccc9-%10)cc9c8sc8ccc(C%10C=CC%11=C(C%10)C(C)(C)c%10ccccc%10%11)cc89)ccc6n7-c6ccc(-c7c8ccccc8c(-c8ccccc8)c8ccccc78)cc6)cc(-c6ccc7c(c6)C(C)(C)c6ccccc6-7)cc5c4c3)C2)c2ccccc21. The Morgan fingerprint density at radius 1 is 0.248 bits per heavy atom. The summed E-state index contributed by atoms with van der Waals surface area (Å²) >= 11 is 3.90. The van der Waals surface area contributed by atoms with Gasteiger partial charge >= 0.3 is 0 Å². The lowest BCUT2D eigenvalue weighted by Gasteiger charge is -2.29. The van der Waals surface area contributed by atoms with E-state index in [0.717, 1.165) is 29.6 Å². The van der Waals surface area contributed by atoms with Crippen LogP contribution in [0.4, 0.5) is 0 Å². The highest BCUT2D eigenvalue weighted by Crippen LogP contribution is 2.59. The molecule has 0 bridgehead atoms. The third kappa shape index (κ3) is 10.6. The van der Waals surface area contributed by atoms with E-state index >= 15 is 0 Å². The molecule has 3 heteroatoms. The van der Waals surface area contributed by atoms with Crippen molar-refractivity contribution in [2.45, 2.75) is 102 Å². The van der Waals surface area contributed by atoms with E-state index in [0.29, 0.717) is 0 Å². The Kier molecular flexibility index (Phi) is 15.5. The molecule has 0 amide bonds. The summed E-state index contributed by atoms with van der Waals surface area (Å²) in [6.45, 7) is 19.4. The highest BCUT2D eigenvalue weighted by atomic mass is 32.1. The maximum atomic E-state index is 2.57. The van der Waals surface area contributed by atoms with Crippen molar-refractivity contribution < 1.29 is 0 Å².